The Morgan fingerprint density at radius 2 is 1.95 bits per heavy atom. The van der Waals surface area contributed by atoms with Gasteiger partial charge in [-0.15, -0.1) is 0 Å². The molecule has 1 rings (SSSR count). The molecule has 0 aliphatic carbocycles. The molecule has 2 unspecified atom stereocenters. The quantitative estimate of drug-likeness (QED) is 0.553. The summed E-state index contributed by atoms with van der Waals surface area (Å²) in [6, 6.07) is 8.75. The minimum absolute atomic E-state index is 0.0519. The van der Waals surface area contributed by atoms with E-state index in [-0.39, 0.29) is 5.25 Å². The number of esters is 1. The van der Waals surface area contributed by atoms with E-state index >= 15 is 0 Å². The van der Waals surface area contributed by atoms with Crippen molar-refractivity contribution in [3.8, 4) is 0 Å². The van der Waals surface area contributed by atoms with E-state index in [1.165, 1.54) is 7.11 Å². The Hall–Kier alpha value is -1.69. The largest absolute Gasteiger partial charge is 0.467 e. The van der Waals surface area contributed by atoms with Crippen LogP contribution in [0.25, 0.3) is 0 Å². The van der Waals surface area contributed by atoms with Crippen molar-refractivity contribution < 1.29 is 19.4 Å². The maximum Gasteiger partial charge on any atom is 0.405 e. The molecule has 2 atom stereocenters. The molecule has 0 fully saturated rings. The highest BCUT2D eigenvalue weighted by Gasteiger charge is 2.22. The first-order chi connectivity index (χ1) is 9.04. The molecule has 6 heteroatoms. The molecule has 0 heterocycles. The van der Waals surface area contributed by atoms with Crippen molar-refractivity contribution in [2.24, 2.45) is 0 Å². The minimum Gasteiger partial charge on any atom is -0.467 e. The summed E-state index contributed by atoms with van der Waals surface area (Å²) in [5.74, 6) is -0.587. The summed E-state index contributed by atoms with van der Waals surface area (Å²) in [5.41, 5.74) is 1.03. The van der Waals surface area contributed by atoms with Crippen LogP contribution in [0.2, 0.25) is 0 Å². The average molecular weight is 283 g/mol. The third kappa shape index (κ3) is 5.21. The van der Waals surface area contributed by atoms with Crippen molar-refractivity contribution in [3.05, 3.63) is 35.9 Å². The Bertz CT molecular complexity index is 424. The van der Waals surface area contributed by atoms with Gasteiger partial charge in [0.15, 0.2) is 0 Å². The summed E-state index contributed by atoms with van der Waals surface area (Å²) in [6.07, 6.45) is -0.347. The lowest BCUT2D eigenvalue weighted by atomic mass is 10.0. The molecule has 1 aromatic carbocycles. The number of methoxy groups -OCH3 is 1. The molecule has 5 nitrogen and oxygen atoms in total. The van der Waals surface area contributed by atoms with E-state index in [0.29, 0.717) is 12.8 Å². The third-order valence-corrected chi connectivity index (χ3v) is 3.25. The molecule has 104 valence electrons. The first-order valence-corrected chi connectivity index (χ1v) is 6.36. The van der Waals surface area contributed by atoms with Crippen LogP contribution >= 0.6 is 12.6 Å². The van der Waals surface area contributed by atoms with Crippen molar-refractivity contribution in [2.75, 3.05) is 7.11 Å². The Balaban J connectivity index is 2.56. The van der Waals surface area contributed by atoms with Gasteiger partial charge in [0.25, 0.3) is 0 Å². The van der Waals surface area contributed by atoms with E-state index in [1.807, 2.05) is 30.3 Å². The predicted octanol–water partition coefficient (Wildman–Crippen LogP) is 2.25. The van der Waals surface area contributed by atoms with Gasteiger partial charge in [0, 0.05) is 5.25 Å². The smallest absolute Gasteiger partial charge is 0.405 e. The normalized spacial score (nSPS) is 13.4. The van der Waals surface area contributed by atoms with Crippen LogP contribution in [0.5, 0.6) is 0 Å². The van der Waals surface area contributed by atoms with E-state index in [2.05, 4.69) is 22.7 Å². The standard InChI is InChI=1S/C13H17NO4S/c1-18-12(15)10(14-13(16)17)7-8-11(19)9-5-3-2-4-6-9/h2-6,10-11,14,19H,7-8H2,1H3,(H,16,17). The lowest BCUT2D eigenvalue weighted by Crippen LogP contribution is -2.40. The van der Waals surface area contributed by atoms with E-state index in [1.54, 1.807) is 0 Å². The molecule has 0 saturated heterocycles. The van der Waals surface area contributed by atoms with E-state index in [4.69, 9.17) is 5.11 Å². The molecule has 0 aromatic heterocycles. The number of rotatable bonds is 6. The second-order valence-electron chi connectivity index (χ2n) is 4.03. The molecular formula is C13H17NO4S. The number of benzene rings is 1. The number of hydrogen-bond acceptors (Lipinski definition) is 4. The van der Waals surface area contributed by atoms with Gasteiger partial charge in [-0.3, -0.25) is 0 Å². The summed E-state index contributed by atoms with van der Waals surface area (Å²) in [6.45, 7) is 0. The number of carboxylic acid groups (broad SMARTS) is 1. The van der Waals surface area contributed by atoms with Crippen molar-refractivity contribution in [1.29, 1.82) is 0 Å². The molecule has 0 aliphatic rings. The highest BCUT2D eigenvalue weighted by Crippen LogP contribution is 2.25. The number of ether oxygens (including phenoxy) is 1. The molecule has 2 N–H and O–H groups in total. The van der Waals surface area contributed by atoms with Crippen LogP contribution in [0.15, 0.2) is 30.3 Å². The minimum atomic E-state index is -1.24. The summed E-state index contributed by atoms with van der Waals surface area (Å²) in [7, 11) is 1.23. The zero-order valence-electron chi connectivity index (χ0n) is 10.6. The first-order valence-electron chi connectivity index (χ1n) is 5.85. The number of nitrogens with one attached hydrogen (secondary N) is 1. The Morgan fingerprint density at radius 3 is 2.47 bits per heavy atom. The predicted molar refractivity (Wildman–Crippen MR) is 74.4 cm³/mol. The first kappa shape index (κ1) is 15.4. The second-order valence-corrected chi connectivity index (χ2v) is 4.65. The topological polar surface area (TPSA) is 75.6 Å². The molecule has 0 radical (unpaired) electrons. The zero-order valence-corrected chi connectivity index (χ0v) is 11.5. The van der Waals surface area contributed by atoms with Gasteiger partial charge in [-0.25, -0.2) is 9.59 Å². The monoisotopic (exact) mass is 283 g/mol. The average Bonchev–Trinajstić information content (AvgIpc) is 2.42. The highest BCUT2D eigenvalue weighted by atomic mass is 32.1. The lowest BCUT2D eigenvalue weighted by Gasteiger charge is -2.17. The van der Waals surface area contributed by atoms with Gasteiger partial charge in [-0.2, -0.15) is 12.6 Å². The maximum absolute atomic E-state index is 11.4. The van der Waals surface area contributed by atoms with Gasteiger partial charge >= 0.3 is 12.1 Å². The van der Waals surface area contributed by atoms with Crippen molar-refractivity contribution in [3.63, 3.8) is 0 Å². The van der Waals surface area contributed by atoms with E-state index in [0.717, 1.165) is 5.56 Å². The SMILES string of the molecule is COC(=O)C(CCC(S)c1ccccc1)NC(=O)O. The van der Waals surface area contributed by atoms with Gasteiger partial charge in [-0.05, 0) is 18.4 Å². The molecule has 19 heavy (non-hydrogen) atoms. The van der Waals surface area contributed by atoms with Crippen LogP contribution in [0.4, 0.5) is 4.79 Å². The molecule has 0 spiro atoms. The molecule has 1 amide bonds. The summed E-state index contributed by atoms with van der Waals surface area (Å²) < 4.78 is 4.56. The van der Waals surface area contributed by atoms with Crippen LogP contribution in [-0.4, -0.2) is 30.3 Å². The molecule has 1 aromatic rings. The number of thiol groups is 1. The summed E-state index contributed by atoms with van der Waals surface area (Å²) >= 11 is 4.46. The maximum atomic E-state index is 11.4. The van der Waals surface area contributed by atoms with Crippen LogP contribution in [-0.2, 0) is 9.53 Å². The molecular weight excluding hydrogens is 266 g/mol. The highest BCUT2D eigenvalue weighted by molar-refractivity contribution is 7.80. The van der Waals surface area contributed by atoms with Crippen LogP contribution in [0, 0.1) is 0 Å². The molecule has 0 saturated carbocycles. The summed E-state index contributed by atoms with van der Waals surface area (Å²) in [4.78, 5) is 22.0. The van der Waals surface area contributed by atoms with Gasteiger partial charge < -0.3 is 15.2 Å². The van der Waals surface area contributed by atoms with Gasteiger partial charge in [-0.1, -0.05) is 30.3 Å². The summed E-state index contributed by atoms with van der Waals surface area (Å²) in [5, 5.41) is 10.8. The van der Waals surface area contributed by atoms with Gasteiger partial charge in [0.05, 0.1) is 7.11 Å². The second kappa shape index (κ2) is 7.68. The number of carbonyl (C=O) groups is 2. The fourth-order valence-electron chi connectivity index (χ4n) is 1.71. The fourth-order valence-corrected chi connectivity index (χ4v) is 2.03. The Labute approximate surface area is 117 Å². The van der Waals surface area contributed by atoms with E-state index < -0.39 is 18.1 Å². The van der Waals surface area contributed by atoms with Crippen LogP contribution in [0.1, 0.15) is 23.7 Å². The number of carbonyl (C=O) groups excluding carboxylic acids is 1. The van der Waals surface area contributed by atoms with Gasteiger partial charge in [0.1, 0.15) is 6.04 Å². The van der Waals surface area contributed by atoms with Crippen LogP contribution in [0.3, 0.4) is 0 Å². The Morgan fingerprint density at radius 1 is 1.32 bits per heavy atom. The van der Waals surface area contributed by atoms with Crippen molar-refractivity contribution in [1.82, 2.24) is 5.32 Å². The number of hydrogen-bond donors (Lipinski definition) is 3. The van der Waals surface area contributed by atoms with Crippen molar-refractivity contribution in [2.45, 2.75) is 24.1 Å². The zero-order chi connectivity index (χ0) is 14.3. The molecule has 0 bridgehead atoms. The van der Waals surface area contributed by atoms with Gasteiger partial charge in [0.2, 0.25) is 0 Å². The van der Waals surface area contributed by atoms with Crippen LogP contribution < -0.4 is 5.32 Å². The Kier molecular flexibility index (Phi) is 6.21. The third-order valence-electron chi connectivity index (χ3n) is 2.70. The molecule has 0 aliphatic heterocycles. The van der Waals surface area contributed by atoms with Crippen molar-refractivity contribution >= 4 is 24.7 Å². The number of amides is 1. The van der Waals surface area contributed by atoms with E-state index in [9.17, 15) is 9.59 Å². The fraction of sp³-hybridized carbons (Fsp3) is 0.385. The lowest BCUT2D eigenvalue weighted by molar-refractivity contribution is -0.143.